The molecule has 2 aromatic heterocycles. The number of carbonyl (C=O) groups is 1. The molecule has 1 fully saturated rings. The predicted molar refractivity (Wildman–Crippen MR) is 78.2 cm³/mol. The first-order chi connectivity index (χ1) is 11.9. The molecule has 1 aliphatic rings. The molecule has 0 radical (unpaired) electrons. The van der Waals surface area contributed by atoms with E-state index in [2.05, 4.69) is 14.7 Å². The number of aliphatic hydroxyl groups is 1. The Bertz CT molecular complexity index is 737. The fourth-order valence-corrected chi connectivity index (χ4v) is 2.24. The van der Waals surface area contributed by atoms with Gasteiger partial charge in [0.2, 0.25) is 11.8 Å². The van der Waals surface area contributed by atoms with Crippen molar-refractivity contribution in [1.82, 2.24) is 14.9 Å². The third kappa shape index (κ3) is 3.85. The average Bonchev–Trinajstić information content (AvgIpc) is 3.06. The normalized spacial score (nSPS) is 19.6. The number of hydrogen-bond acceptors (Lipinski definition) is 7. The number of alkyl halides is 2. The topological polar surface area (TPSA) is 97.9 Å². The molecular weight excluding hydrogens is 340 g/mol. The first-order valence-corrected chi connectivity index (χ1v) is 7.41. The molecule has 0 unspecified atom stereocenters. The molecule has 1 N–H and O–H groups in total. The summed E-state index contributed by atoms with van der Waals surface area (Å²) in [5.41, 5.74) is 0.121. The summed E-state index contributed by atoms with van der Waals surface area (Å²) < 4.78 is 38.7. The van der Waals surface area contributed by atoms with Crippen LogP contribution < -0.4 is 9.47 Å². The molecule has 134 valence electrons. The predicted octanol–water partition coefficient (Wildman–Crippen LogP) is 1.46. The number of halogens is 2. The molecule has 0 bridgehead atoms. The zero-order chi connectivity index (χ0) is 18.0. The van der Waals surface area contributed by atoms with E-state index >= 15 is 0 Å². The summed E-state index contributed by atoms with van der Waals surface area (Å²) in [4.78, 5) is 21.3. The van der Waals surface area contributed by atoms with Crippen LogP contribution in [0.2, 0.25) is 0 Å². The van der Waals surface area contributed by atoms with Gasteiger partial charge in [0.25, 0.3) is 5.91 Å². The number of aliphatic hydroxyl groups excluding tert-OH is 1. The van der Waals surface area contributed by atoms with Gasteiger partial charge in [-0.3, -0.25) is 4.79 Å². The van der Waals surface area contributed by atoms with Gasteiger partial charge in [0.05, 0.1) is 18.3 Å². The van der Waals surface area contributed by atoms with Crippen LogP contribution in [-0.2, 0) is 6.61 Å². The summed E-state index contributed by atoms with van der Waals surface area (Å²) in [5.74, 6) is -0.0858. The molecule has 2 aromatic rings. The van der Waals surface area contributed by atoms with E-state index in [9.17, 15) is 18.7 Å². The van der Waals surface area contributed by atoms with Crippen LogP contribution in [0, 0.1) is 0 Å². The molecule has 0 spiro atoms. The number of β-amino-alcohol motifs (C(OH)–C–C–N with tert-alkyl or cyclic N) is 1. The number of hydrogen-bond donors (Lipinski definition) is 1. The first kappa shape index (κ1) is 17.1. The van der Waals surface area contributed by atoms with Crippen molar-refractivity contribution >= 4 is 5.91 Å². The van der Waals surface area contributed by atoms with Gasteiger partial charge < -0.3 is 23.9 Å². The number of oxazole rings is 1. The average molecular weight is 355 g/mol. The third-order valence-electron chi connectivity index (χ3n) is 3.75. The Morgan fingerprint density at radius 1 is 1.52 bits per heavy atom. The zero-order valence-electron chi connectivity index (χ0n) is 13.1. The van der Waals surface area contributed by atoms with Crippen molar-refractivity contribution in [1.29, 1.82) is 0 Å². The lowest BCUT2D eigenvalue weighted by Crippen LogP contribution is -2.60. The Kier molecular flexibility index (Phi) is 4.79. The van der Waals surface area contributed by atoms with Crippen LogP contribution >= 0.6 is 0 Å². The van der Waals surface area contributed by atoms with Crippen molar-refractivity contribution in [2.24, 2.45) is 0 Å². The van der Waals surface area contributed by atoms with Crippen molar-refractivity contribution < 1.29 is 32.6 Å². The molecule has 0 aliphatic carbocycles. The van der Waals surface area contributed by atoms with Gasteiger partial charge in [-0.25, -0.2) is 9.97 Å². The van der Waals surface area contributed by atoms with Crippen LogP contribution in [0.5, 0.6) is 11.6 Å². The van der Waals surface area contributed by atoms with Crippen LogP contribution in [0.25, 0.3) is 0 Å². The number of nitrogens with zero attached hydrogens (tertiary/aromatic N) is 3. The van der Waals surface area contributed by atoms with Crippen LogP contribution in [0.15, 0.2) is 29.0 Å². The Balaban J connectivity index is 1.54. The van der Waals surface area contributed by atoms with Gasteiger partial charge in [0.1, 0.15) is 12.0 Å². The summed E-state index contributed by atoms with van der Waals surface area (Å²) >= 11 is 0. The molecule has 0 aromatic carbocycles. The largest absolute Gasteiger partial charge is 0.482 e. The van der Waals surface area contributed by atoms with Gasteiger partial charge in [0.15, 0.2) is 12.3 Å². The highest BCUT2D eigenvalue weighted by Crippen LogP contribution is 2.21. The summed E-state index contributed by atoms with van der Waals surface area (Å²) in [7, 11) is 0. The van der Waals surface area contributed by atoms with Gasteiger partial charge in [-0.1, -0.05) is 0 Å². The third-order valence-corrected chi connectivity index (χ3v) is 3.75. The van der Waals surface area contributed by atoms with Gasteiger partial charge in [0, 0.05) is 12.6 Å². The van der Waals surface area contributed by atoms with Crippen LogP contribution in [-0.4, -0.2) is 51.2 Å². The number of rotatable bonds is 6. The fraction of sp³-hybridized carbons (Fsp3) is 0.400. The monoisotopic (exact) mass is 355 g/mol. The quantitative estimate of drug-likeness (QED) is 0.837. The standard InChI is InChI=1S/C15H15F2N3O5/c1-8-11(21)5-20(8)14(22)10-6-24-13(19-10)7-23-9-2-3-12(18-4-9)25-15(16)17/h2-4,6,8,11,15,21H,5,7H2,1H3/t8-,11-/m0/s1. The van der Waals surface area contributed by atoms with Crippen molar-refractivity contribution in [2.75, 3.05) is 6.54 Å². The summed E-state index contributed by atoms with van der Waals surface area (Å²) in [5, 5.41) is 9.45. The second-order valence-electron chi connectivity index (χ2n) is 5.39. The van der Waals surface area contributed by atoms with E-state index in [0.717, 1.165) is 0 Å². The molecule has 3 rings (SSSR count). The van der Waals surface area contributed by atoms with Crippen molar-refractivity contribution in [3.63, 3.8) is 0 Å². The Morgan fingerprint density at radius 3 is 2.92 bits per heavy atom. The number of carbonyl (C=O) groups excluding carboxylic acids is 1. The lowest BCUT2D eigenvalue weighted by molar-refractivity contribution is -0.0529. The van der Waals surface area contributed by atoms with E-state index in [0.29, 0.717) is 5.75 Å². The minimum atomic E-state index is -2.95. The van der Waals surface area contributed by atoms with Crippen LogP contribution in [0.1, 0.15) is 23.3 Å². The van der Waals surface area contributed by atoms with Gasteiger partial charge in [-0.2, -0.15) is 8.78 Å². The molecule has 0 saturated carbocycles. The highest BCUT2D eigenvalue weighted by atomic mass is 19.3. The number of likely N-dealkylation sites (tertiary alicyclic amines) is 1. The zero-order valence-corrected chi connectivity index (χ0v) is 13.1. The maximum Gasteiger partial charge on any atom is 0.388 e. The van der Waals surface area contributed by atoms with Crippen molar-refractivity contribution in [2.45, 2.75) is 32.3 Å². The first-order valence-electron chi connectivity index (χ1n) is 7.41. The minimum Gasteiger partial charge on any atom is -0.482 e. The van der Waals surface area contributed by atoms with Gasteiger partial charge in [-0.05, 0) is 13.0 Å². The van der Waals surface area contributed by atoms with Gasteiger partial charge >= 0.3 is 6.61 Å². The van der Waals surface area contributed by atoms with E-state index < -0.39 is 12.7 Å². The Labute approximate surface area is 141 Å². The molecule has 8 nitrogen and oxygen atoms in total. The maximum absolute atomic E-state index is 12.2. The van der Waals surface area contributed by atoms with Crippen molar-refractivity contribution in [3.8, 4) is 11.6 Å². The second-order valence-corrected chi connectivity index (χ2v) is 5.39. The van der Waals surface area contributed by atoms with Crippen molar-refractivity contribution in [3.05, 3.63) is 36.2 Å². The van der Waals surface area contributed by atoms with E-state index in [1.54, 1.807) is 6.92 Å². The number of amides is 1. The lowest BCUT2D eigenvalue weighted by Gasteiger charge is -2.42. The lowest BCUT2D eigenvalue weighted by atomic mass is 10.0. The number of ether oxygens (including phenoxy) is 2. The van der Waals surface area contributed by atoms with Gasteiger partial charge in [-0.15, -0.1) is 0 Å². The highest BCUT2D eigenvalue weighted by Gasteiger charge is 2.38. The molecule has 1 aliphatic heterocycles. The van der Waals surface area contributed by atoms with E-state index in [4.69, 9.17) is 9.15 Å². The van der Waals surface area contributed by atoms with E-state index in [1.165, 1.54) is 29.5 Å². The number of aromatic nitrogens is 2. The maximum atomic E-state index is 12.2. The molecule has 2 atom stereocenters. The van der Waals surface area contributed by atoms with Crippen LogP contribution in [0.4, 0.5) is 8.78 Å². The highest BCUT2D eigenvalue weighted by molar-refractivity contribution is 5.92. The fourth-order valence-electron chi connectivity index (χ4n) is 2.24. The van der Waals surface area contributed by atoms with E-state index in [-0.39, 0.29) is 42.6 Å². The molecular formula is C15H15F2N3O5. The smallest absolute Gasteiger partial charge is 0.388 e. The Morgan fingerprint density at radius 2 is 2.32 bits per heavy atom. The minimum absolute atomic E-state index is 0.0673. The molecule has 10 heteroatoms. The summed E-state index contributed by atoms with van der Waals surface area (Å²) in [6, 6.07) is 2.38. The van der Waals surface area contributed by atoms with Crippen LogP contribution in [0.3, 0.4) is 0 Å². The molecule has 1 saturated heterocycles. The molecule has 25 heavy (non-hydrogen) atoms. The number of pyridine rings is 1. The molecule has 3 heterocycles. The Hall–Kier alpha value is -2.75. The second kappa shape index (κ2) is 7.01. The summed E-state index contributed by atoms with van der Waals surface area (Å²) in [6.07, 6.45) is 1.91. The SMILES string of the molecule is C[C@H]1[C@@H](O)CN1C(=O)c1coc(COc2ccc(OC(F)F)nc2)n1. The molecule has 1 amide bonds. The summed E-state index contributed by atoms with van der Waals surface area (Å²) in [6.45, 7) is -1.01. The van der Waals surface area contributed by atoms with E-state index in [1.807, 2.05) is 0 Å².